The van der Waals surface area contributed by atoms with Crippen molar-refractivity contribution < 1.29 is 14.6 Å². The van der Waals surface area contributed by atoms with E-state index in [2.05, 4.69) is 10.4 Å². The fourth-order valence-corrected chi connectivity index (χ4v) is 1.93. The minimum absolute atomic E-state index is 0.233. The molecule has 2 N–H and O–H groups in total. The van der Waals surface area contributed by atoms with Crippen molar-refractivity contribution in [3.63, 3.8) is 0 Å². The lowest BCUT2D eigenvalue weighted by Gasteiger charge is -2.10. The Morgan fingerprint density at radius 2 is 2.30 bits per heavy atom. The van der Waals surface area contributed by atoms with Crippen molar-refractivity contribution in [1.29, 1.82) is 0 Å². The fraction of sp³-hybridized carbons (Fsp3) is 0.286. The molecule has 6 nitrogen and oxygen atoms in total. The van der Waals surface area contributed by atoms with Gasteiger partial charge in [-0.3, -0.25) is 4.68 Å². The van der Waals surface area contributed by atoms with Gasteiger partial charge in [0.2, 0.25) is 0 Å². The molecule has 20 heavy (non-hydrogen) atoms. The molecule has 1 aromatic heterocycles. The molecule has 2 rings (SSSR count). The molecule has 1 aromatic carbocycles. The third-order valence-corrected chi connectivity index (χ3v) is 2.94. The van der Waals surface area contributed by atoms with Crippen molar-refractivity contribution in [3.8, 4) is 5.75 Å². The van der Waals surface area contributed by atoms with E-state index in [0.29, 0.717) is 18.0 Å². The lowest BCUT2D eigenvalue weighted by Crippen LogP contribution is -2.09. The molecular formula is C14H17N3O3. The predicted octanol–water partition coefficient (Wildman–Crippen LogP) is 1.78. The van der Waals surface area contributed by atoms with Gasteiger partial charge in [-0.25, -0.2) is 4.79 Å². The molecule has 0 fully saturated rings. The van der Waals surface area contributed by atoms with Crippen molar-refractivity contribution in [2.45, 2.75) is 6.42 Å². The Hall–Kier alpha value is -2.50. The van der Waals surface area contributed by atoms with Crippen LogP contribution in [-0.2, 0) is 13.5 Å². The maximum atomic E-state index is 11.2. The summed E-state index contributed by atoms with van der Waals surface area (Å²) in [5, 5.41) is 16.4. The summed E-state index contributed by atoms with van der Waals surface area (Å²) in [4.78, 5) is 11.2. The number of ether oxygens (including phenoxy) is 1. The normalized spacial score (nSPS) is 10.3. The van der Waals surface area contributed by atoms with Gasteiger partial charge in [-0.05, 0) is 24.1 Å². The van der Waals surface area contributed by atoms with Crippen molar-refractivity contribution in [3.05, 3.63) is 41.7 Å². The maximum Gasteiger partial charge on any atom is 0.337 e. The highest BCUT2D eigenvalue weighted by Gasteiger charge is 2.10. The SMILES string of the molecule is COc1ccc(C(=O)O)c(NCCc2cnn(C)c2)c1. The lowest BCUT2D eigenvalue weighted by molar-refractivity contribution is 0.0698. The quantitative estimate of drug-likeness (QED) is 0.840. The summed E-state index contributed by atoms with van der Waals surface area (Å²) in [6.07, 6.45) is 4.50. The van der Waals surface area contributed by atoms with Crippen LogP contribution in [0.15, 0.2) is 30.6 Å². The molecule has 2 aromatic rings. The van der Waals surface area contributed by atoms with Crippen LogP contribution in [0.25, 0.3) is 0 Å². The number of nitrogens with one attached hydrogen (secondary N) is 1. The van der Waals surface area contributed by atoms with Crippen LogP contribution in [0.1, 0.15) is 15.9 Å². The maximum absolute atomic E-state index is 11.2. The van der Waals surface area contributed by atoms with Crippen molar-refractivity contribution in [2.24, 2.45) is 7.05 Å². The highest BCUT2D eigenvalue weighted by Crippen LogP contribution is 2.22. The number of hydrogen-bond donors (Lipinski definition) is 2. The van der Waals surface area contributed by atoms with E-state index in [1.165, 1.54) is 6.07 Å². The summed E-state index contributed by atoms with van der Waals surface area (Å²) in [6, 6.07) is 4.86. The second kappa shape index (κ2) is 6.10. The van der Waals surface area contributed by atoms with E-state index >= 15 is 0 Å². The first kappa shape index (κ1) is 13.9. The number of carbonyl (C=O) groups is 1. The molecule has 106 valence electrons. The number of hydrogen-bond acceptors (Lipinski definition) is 4. The first-order chi connectivity index (χ1) is 9.60. The van der Waals surface area contributed by atoms with Gasteiger partial charge in [0.05, 0.1) is 24.6 Å². The van der Waals surface area contributed by atoms with Gasteiger partial charge in [-0.2, -0.15) is 5.10 Å². The smallest absolute Gasteiger partial charge is 0.337 e. The summed E-state index contributed by atoms with van der Waals surface area (Å²) in [5.74, 6) is -0.338. The molecule has 0 aliphatic carbocycles. The Kier molecular flexibility index (Phi) is 4.24. The van der Waals surface area contributed by atoms with Crippen LogP contribution in [0.2, 0.25) is 0 Å². The van der Waals surface area contributed by atoms with Crippen LogP contribution in [0, 0.1) is 0 Å². The van der Waals surface area contributed by atoms with Gasteiger partial charge in [0.1, 0.15) is 5.75 Å². The van der Waals surface area contributed by atoms with Gasteiger partial charge in [0, 0.05) is 25.9 Å². The third kappa shape index (κ3) is 3.28. The molecule has 1 heterocycles. The first-order valence-electron chi connectivity index (χ1n) is 6.23. The molecule has 0 atom stereocenters. The largest absolute Gasteiger partial charge is 0.497 e. The number of aryl methyl sites for hydroxylation is 1. The Morgan fingerprint density at radius 3 is 2.90 bits per heavy atom. The second-order valence-electron chi connectivity index (χ2n) is 4.42. The topological polar surface area (TPSA) is 76.4 Å². The standard InChI is InChI=1S/C14H17N3O3/c1-17-9-10(8-16-17)5-6-15-13-7-11(20-2)3-4-12(13)14(18)19/h3-4,7-9,15H,5-6H2,1-2H3,(H,18,19). The average molecular weight is 275 g/mol. The number of carboxylic acids is 1. The number of aromatic carboxylic acids is 1. The van der Waals surface area contributed by atoms with Crippen LogP contribution in [0.4, 0.5) is 5.69 Å². The number of methoxy groups -OCH3 is 1. The van der Waals surface area contributed by atoms with E-state index in [1.54, 1.807) is 30.1 Å². The fourth-order valence-electron chi connectivity index (χ4n) is 1.93. The molecule has 0 aliphatic heterocycles. The van der Waals surface area contributed by atoms with Crippen LogP contribution in [0.5, 0.6) is 5.75 Å². The van der Waals surface area contributed by atoms with E-state index in [9.17, 15) is 4.79 Å². The second-order valence-corrected chi connectivity index (χ2v) is 4.42. The molecule has 0 aliphatic rings. The molecule has 0 radical (unpaired) electrons. The van der Waals surface area contributed by atoms with Crippen molar-refractivity contribution in [2.75, 3.05) is 19.0 Å². The summed E-state index contributed by atoms with van der Waals surface area (Å²) in [5.41, 5.74) is 1.89. The van der Waals surface area contributed by atoms with Gasteiger partial charge in [-0.1, -0.05) is 0 Å². The van der Waals surface area contributed by atoms with Gasteiger partial charge < -0.3 is 15.2 Å². The number of rotatable bonds is 6. The average Bonchev–Trinajstić information content (AvgIpc) is 2.84. The van der Waals surface area contributed by atoms with Gasteiger partial charge >= 0.3 is 5.97 Å². The highest BCUT2D eigenvalue weighted by molar-refractivity contribution is 5.94. The Balaban J connectivity index is 2.05. The molecule has 0 unspecified atom stereocenters. The molecule has 0 amide bonds. The van der Waals surface area contributed by atoms with Gasteiger partial charge in [0.15, 0.2) is 0 Å². The molecule has 0 bridgehead atoms. The molecule has 6 heteroatoms. The van der Waals surface area contributed by atoms with Crippen LogP contribution < -0.4 is 10.1 Å². The minimum atomic E-state index is -0.962. The third-order valence-electron chi connectivity index (χ3n) is 2.94. The summed E-state index contributed by atoms with van der Waals surface area (Å²) < 4.78 is 6.85. The van der Waals surface area contributed by atoms with Crippen LogP contribution >= 0.6 is 0 Å². The van der Waals surface area contributed by atoms with Gasteiger partial charge in [0.25, 0.3) is 0 Å². The number of anilines is 1. The molecular weight excluding hydrogens is 258 g/mol. The zero-order valence-corrected chi connectivity index (χ0v) is 11.5. The molecule has 0 saturated heterocycles. The van der Waals surface area contributed by atoms with Crippen molar-refractivity contribution in [1.82, 2.24) is 9.78 Å². The van der Waals surface area contributed by atoms with Crippen LogP contribution in [0.3, 0.4) is 0 Å². The van der Waals surface area contributed by atoms with E-state index in [4.69, 9.17) is 9.84 Å². The van der Waals surface area contributed by atoms with E-state index in [-0.39, 0.29) is 5.56 Å². The number of aromatic nitrogens is 2. The van der Waals surface area contributed by atoms with Crippen LogP contribution in [-0.4, -0.2) is 34.5 Å². The number of nitrogens with zero attached hydrogens (tertiary/aromatic N) is 2. The van der Waals surface area contributed by atoms with E-state index < -0.39 is 5.97 Å². The summed E-state index contributed by atoms with van der Waals surface area (Å²) >= 11 is 0. The van der Waals surface area contributed by atoms with Gasteiger partial charge in [-0.15, -0.1) is 0 Å². The number of benzene rings is 1. The summed E-state index contributed by atoms with van der Waals surface area (Å²) in [7, 11) is 3.41. The molecule has 0 saturated carbocycles. The Labute approximate surface area is 117 Å². The zero-order valence-electron chi connectivity index (χ0n) is 11.5. The monoisotopic (exact) mass is 275 g/mol. The Bertz CT molecular complexity index is 607. The number of carboxylic acid groups (broad SMARTS) is 1. The lowest BCUT2D eigenvalue weighted by atomic mass is 10.1. The molecule has 0 spiro atoms. The van der Waals surface area contributed by atoms with Crippen molar-refractivity contribution >= 4 is 11.7 Å². The first-order valence-corrected chi connectivity index (χ1v) is 6.23. The predicted molar refractivity (Wildman–Crippen MR) is 75.4 cm³/mol. The van der Waals surface area contributed by atoms with E-state index in [0.717, 1.165) is 12.0 Å². The summed E-state index contributed by atoms with van der Waals surface area (Å²) in [6.45, 7) is 0.624. The highest BCUT2D eigenvalue weighted by atomic mass is 16.5. The Morgan fingerprint density at radius 1 is 1.50 bits per heavy atom. The zero-order chi connectivity index (χ0) is 14.5. The minimum Gasteiger partial charge on any atom is -0.497 e. The van der Waals surface area contributed by atoms with E-state index in [1.807, 2.05) is 13.2 Å².